The van der Waals surface area contributed by atoms with Gasteiger partial charge in [-0.15, -0.1) is 0 Å². The minimum atomic E-state index is -1.20. The molecule has 2 aliphatic carbocycles. The van der Waals surface area contributed by atoms with Crippen molar-refractivity contribution in [3.05, 3.63) is 60.2 Å². The van der Waals surface area contributed by atoms with E-state index in [2.05, 4.69) is 0 Å². The Kier molecular flexibility index (Phi) is 2.90. The van der Waals surface area contributed by atoms with Crippen molar-refractivity contribution in [1.82, 2.24) is 0 Å². The van der Waals surface area contributed by atoms with E-state index < -0.39 is 23.9 Å². The molecule has 2 N–H and O–H groups in total. The van der Waals surface area contributed by atoms with Crippen LogP contribution in [0.5, 0.6) is 11.5 Å². The maximum atomic E-state index is 12.3. The van der Waals surface area contributed by atoms with Gasteiger partial charge in [0.1, 0.15) is 11.5 Å². The van der Waals surface area contributed by atoms with Gasteiger partial charge in [0, 0.05) is 11.6 Å². The number of hydrogen-bond acceptors (Lipinski definition) is 5. The summed E-state index contributed by atoms with van der Waals surface area (Å²) in [4.78, 5) is 12.3. The third kappa shape index (κ3) is 2.00. The summed E-state index contributed by atoms with van der Waals surface area (Å²) in [5.74, 6) is -0.529. The van der Waals surface area contributed by atoms with E-state index in [9.17, 15) is 15.0 Å². The predicted molar refractivity (Wildman–Crippen MR) is 90.3 cm³/mol. The SMILES string of the molecule is O=C1C=CC2(Oc3cccc4cccc(c34)O2)C2C[C@@H](O)[C@@H](O)C=C12. The van der Waals surface area contributed by atoms with Gasteiger partial charge in [0.25, 0.3) is 5.79 Å². The number of carbonyl (C=O) groups is 1. The third-order valence-electron chi connectivity index (χ3n) is 5.20. The first-order valence-electron chi connectivity index (χ1n) is 8.28. The first-order chi connectivity index (χ1) is 12.1. The van der Waals surface area contributed by atoms with Crippen molar-refractivity contribution in [3.8, 4) is 11.5 Å². The van der Waals surface area contributed by atoms with Crippen molar-refractivity contribution in [3.63, 3.8) is 0 Å². The van der Waals surface area contributed by atoms with Crippen LogP contribution in [0, 0.1) is 5.92 Å². The number of carbonyl (C=O) groups excluding carboxylic acids is 1. The van der Waals surface area contributed by atoms with Gasteiger partial charge in [-0.3, -0.25) is 4.79 Å². The minimum Gasteiger partial charge on any atom is -0.447 e. The van der Waals surface area contributed by atoms with Gasteiger partial charge in [-0.25, -0.2) is 0 Å². The summed E-state index contributed by atoms with van der Waals surface area (Å²) in [5, 5.41) is 21.9. The lowest BCUT2D eigenvalue weighted by Gasteiger charge is -2.46. The molecule has 0 amide bonds. The fraction of sp³-hybridized carbons (Fsp3) is 0.250. The Balaban J connectivity index is 1.69. The second kappa shape index (κ2) is 4.94. The largest absolute Gasteiger partial charge is 0.447 e. The van der Waals surface area contributed by atoms with E-state index in [1.54, 1.807) is 6.08 Å². The molecule has 0 saturated carbocycles. The molecule has 3 atom stereocenters. The van der Waals surface area contributed by atoms with Crippen molar-refractivity contribution in [2.75, 3.05) is 0 Å². The van der Waals surface area contributed by atoms with Crippen LogP contribution in [0.1, 0.15) is 6.42 Å². The van der Waals surface area contributed by atoms with Gasteiger partial charge in [-0.05, 0) is 36.1 Å². The molecule has 0 radical (unpaired) electrons. The van der Waals surface area contributed by atoms with E-state index in [0.29, 0.717) is 17.1 Å². The van der Waals surface area contributed by atoms with Crippen LogP contribution in [0.4, 0.5) is 0 Å². The standard InChI is InChI=1S/C20H16O5/c21-14-7-8-20(13-10-16(23)15(22)9-12(13)14)24-17-5-1-3-11-4-2-6-18(25-20)19(11)17/h1-9,13,15-16,22-23H,10H2/t13?,15-,16+/m0/s1. The Bertz CT molecular complexity index is 917. The number of ether oxygens (including phenoxy) is 2. The van der Waals surface area contributed by atoms with Crippen molar-refractivity contribution in [2.45, 2.75) is 24.4 Å². The molecular formula is C20H16O5. The molecule has 5 rings (SSSR count). The van der Waals surface area contributed by atoms with Crippen LogP contribution in [0.15, 0.2) is 60.2 Å². The predicted octanol–water partition coefficient (Wildman–Crippen LogP) is 2.11. The van der Waals surface area contributed by atoms with Crippen LogP contribution in [0.3, 0.4) is 0 Å². The molecular weight excluding hydrogens is 320 g/mol. The van der Waals surface area contributed by atoms with Crippen molar-refractivity contribution in [1.29, 1.82) is 0 Å². The molecule has 5 heteroatoms. The van der Waals surface area contributed by atoms with Crippen LogP contribution >= 0.6 is 0 Å². The molecule has 126 valence electrons. The zero-order valence-corrected chi connectivity index (χ0v) is 13.3. The van der Waals surface area contributed by atoms with Crippen LogP contribution in [0.2, 0.25) is 0 Å². The number of aliphatic hydroxyl groups excluding tert-OH is 2. The molecule has 1 heterocycles. The minimum absolute atomic E-state index is 0.182. The monoisotopic (exact) mass is 336 g/mol. The average molecular weight is 336 g/mol. The summed E-state index contributed by atoms with van der Waals surface area (Å²) in [6.45, 7) is 0. The van der Waals surface area contributed by atoms with Gasteiger partial charge in [0.2, 0.25) is 0 Å². The topological polar surface area (TPSA) is 76.0 Å². The van der Waals surface area contributed by atoms with Gasteiger partial charge < -0.3 is 19.7 Å². The molecule has 25 heavy (non-hydrogen) atoms. The molecule has 0 aromatic heterocycles. The van der Waals surface area contributed by atoms with Gasteiger partial charge in [-0.2, -0.15) is 0 Å². The summed E-state index contributed by atoms with van der Waals surface area (Å²) >= 11 is 0. The normalized spacial score (nSPS) is 29.0. The number of ketones is 1. The lowest BCUT2D eigenvalue weighted by atomic mass is 9.74. The van der Waals surface area contributed by atoms with E-state index in [1.807, 2.05) is 36.4 Å². The zero-order valence-electron chi connectivity index (χ0n) is 13.3. The maximum Gasteiger partial charge on any atom is 0.278 e. The van der Waals surface area contributed by atoms with Gasteiger partial charge in [-0.1, -0.05) is 24.3 Å². The maximum absolute atomic E-state index is 12.3. The molecule has 2 aromatic rings. The third-order valence-corrected chi connectivity index (χ3v) is 5.20. The fourth-order valence-electron chi connectivity index (χ4n) is 3.98. The molecule has 1 spiro atoms. The molecule has 1 unspecified atom stereocenters. The lowest BCUT2D eigenvalue weighted by molar-refractivity contribution is -0.138. The van der Waals surface area contributed by atoms with Gasteiger partial charge >= 0.3 is 0 Å². The van der Waals surface area contributed by atoms with Gasteiger partial charge in [0.05, 0.1) is 23.5 Å². The molecule has 0 fully saturated rings. The average Bonchev–Trinajstić information content (AvgIpc) is 2.61. The highest BCUT2D eigenvalue weighted by Crippen LogP contribution is 2.49. The Morgan fingerprint density at radius 3 is 2.40 bits per heavy atom. The van der Waals surface area contributed by atoms with E-state index in [4.69, 9.17) is 9.47 Å². The van der Waals surface area contributed by atoms with Crippen LogP contribution in [0.25, 0.3) is 10.8 Å². The number of allylic oxidation sites excluding steroid dienone is 1. The van der Waals surface area contributed by atoms with Gasteiger partial charge in [0.15, 0.2) is 5.78 Å². The summed E-state index contributed by atoms with van der Waals surface area (Å²) in [6, 6.07) is 11.5. The van der Waals surface area contributed by atoms with E-state index in [0.717, 1.165) is 10.8 Å². The number of aliphatic hydroxyl groups is 2. The molecule has 5 nitrogen and oxygen atoms in total. The lowest BCUT2D eigenvalue weighted by Crippen LogP contribution is -2.55. The molecule has 1 aliphatic heterocycles. The van der Waals surface area contributed by atoms with E-state index in [-0.39, 0.29) is 12.2 Å². The number of benzene rings is 2. The second-order valence-corrected chi connectivity index (χ2v) is 6.70. The molecule has 3 aliphatic rings. The van der Waals surface area contributed by atoms with E-state index in [1.165, 1.54) is 12.2 Å². The second-order valence-electron chi connectivity index (χ2n) is 6.70. The Labute approximate surface area is 143 Å². The number of rotatable bonds is 0. The Morgan fingerprint density at radius 1 is 1.04 bits per heavy atom. The Hall–Kier alpha value is -2.63. The van der Waals surface area contributed by atoms with Crippen molar-refractivity contribution in [2.24, 2.45) is 5.92 Å². The zero-order chi connectivity index (χ0) is 17.2. The quantitative estimate of drug-likeness (QED) is 0.771. The highest BCUT2D eigenvalue weighted by Gasteiger charge is 2.52. The van der Waals surface area contributed by atoms with Crippen molar-refractivity contribution >= 4 is 16.6 Å². The summed E-state index contributed by atoms with van der Waals surface area (Å²) in [7, 11) is 0. The summed E-state index contributed by atoms with van der Waals surface area (Å²) in [6.07, 6.45) is 2.61. The van der Waals surface area contributed by atoms with Crippen LogP contribution < -0.4 is 9.47 Å². The summed E-state index contributed by atoms with van der Waals surface area (Å²) < 4.78 is 12.5. The number of fused-ring (bicyclic) bond motifs is 2. The smallest absolute Gasteiger partial charge is 0.278 e. The fourth-order valence-corrected chi connectivity index (χ4v) is 3.98. The first-order valence-corrected chi connectivity index (χ1v) is 8.28. The molecule has 0 saturated heterocycles. The first kappa shape index (κ1) is 14.7. The molecule has 2 aromatic carbocycles. The van der Waals surface area contributed by atoms with Crippen LogP contribution in [-0.2, 0) is 4.79 Å². The Morgan fingerprint density at radius 2 is 1.72 bits per heavy atom. The number of hydrogen-bond donors (Lipinski definition) is 2. The summed E-state index contributed by atoms with van der Waals surface area (Å²) in [5.41, 5.74) is 0.423. The highest BCUT2D eigenvalue weighted by molar-refractivity contribution is 6.06. The van der Waals surface area contributed by atoms with E-state index >= 15 is 0 Å². The highest BCUT2D eigenvalue weighted by atomic mass is 16.7. The van der Waals surface area contributed by atoms with Crippen molar-refractivity contribution < 1.29 is 24.5 Å². The van der Waals surface area contributed by atoms with Crippen LogP contribution in [-0.4, -0.2) is 34.0 Å². The molecule has 0 bridgehead atoms.